The lowest BCUT2D eigenvalue weighted by Crippen LogP contribution is -2.32. The van der Waals surface area contributed by atoms with Gasteiger partial charge in [-0.2, -0.15) is 0 Å². The maximum Gasteiger partial charge on any atom is 0.264 e. The molecule has 3 N–H and O–H groups in total. The Kier molecular flexibility index (Phi) is 7.00. The number of carbonyl (C=O) groups excluding carboxylic acids is 1. The fourth-order valence-electron chi connectivity index (χ4n) is 5.45. The fraction of sp³-hybridized carbons (Fsp3) is 0.250. The summed E-state index contributed by atoms with van der Waals surface area (Å²) in [6.45, 7) is 3.90. The van der Waals surface area contributed by atoms with Gasteiger partial charge in [-0.15, -0.1) is 5.10 Å². The summed E-state index contributed by atoms with van der Waals surface area (Å²) < 4.78 is 3.13. The Hall–Kier alpha value is -4.94. The first-order valence-corrected chi connectivity index (χ1v) is 13.7. The Labute approximate surface area is 237 Å². The minimum Gasteiger partial charge on any atom is -0.381 e. The second kappa shape index (κ2) is 10.9. The van der Waals surface area contributed by atoms with Crippen molar-refractivity contribution in [2.45, 2.75) is 25.8 Å². The standard InChI is InChI=1S/C32H31N7O2/c1-21(35-31(40)28-29(33)36-38-17-7-16-34-30(28)38)26-20-24-9-6-8-23(13-12-22-14-18-37(2)19-15-22)27(24)32(41)39(26)25-10-4-3-5-11-25/h3-11,16-17,20-22H,14-15,18-19H2,1-2H3,(H2,33,36)(H,35,40)/t21-/m1/s1. The molecular weight excluding hydrogens is 514 g/mol. The first-order valence-electron chi connectivity index (χ1n) is 13.7. The van der Waals surface area contributed by atoms with Crippen LogP contribution in [0, 0.1) is 17.8 Å². The van der Waals surface area contributed by atoms with Crippen LogP contribution in [0.1, 0.15) is 47.4 Å². The molecule has 5 aromatic rings. The number of carbonyl (C=O) groups is 1. The van der Waals surface area contributed by atoms with Gasteiger partial charge >= 0.3 is 0 Å². The quantitative estimate of drug-likeness (QED) is 0.333. The highest BCUT2D eigenvalue weighted by Gasteiger charge is 2.24. The molecule has 0 spiro atoms. The summed E-state index contributed by atoms with van der Waals surface area (Å²) in [6, 6.07) is 18.3. The number of amides is 1. The zero-order valence-corrected chi connectivity index (χ0v) is 23.0. The molecule has 4 heterocycles. The van der Waals surface area contributed by atoms with Crippen LogP contribution in [0.15, 0.2) is 77.9 Å². The summed E-state index contributed by atoms with van der Waals surface area (Å²) in [5, 5.41) is 8.55. The van der Waals surface area contributed by atoms with Crippen molar-refractivity contribution < 1.29 is 4.79 Å². The molecule has 1 amide bonds. The van der Waals surface area contributed by atoms with Crippen molar-refractivity contribution in [3.63, 3.8) is 0 Å². The molecule has 2 aromatic carbocycles. The van der Waals surface area contributed by atoms with Crippen LogP contribution in [0.3, 0.4) is 0 Å². The van der Waals surface area contributed by atoms with Gasteiger partial charge in [-0.25, -0.2) is 9.50 Å². The van der Waals surface area contributed by atoms with Crippen molar-refractivity contribution in [1.29, 1.82) is 0 Å². The number of aromatic nitrogens is 4. The minimum atomic E-state index is -0.549. The molecule has 206 valence electrons. The highest BCUT2D eigenvalue weighted by molar-refractivity contribution is 6.04. The van der Waals surface area contributed by atoms with Crippen molar-refractivity contribution in [3.8, 4) is 17.5 Å². The molecule has 9 heteroatoms. The van der Waals surface area contributed by atoms with Crippen molar-refractivity contribution in [2.75, 3.05) is 25.9 Å². The first kappa shape index (κ1) is 26.3. The van der Waals surface area contributed by atoms with E-state index in [1.807, 2.05) is 61.5 Å². The molecule has 1 aliphatic heterocycles. The molecule has 0 saturated carbocycles. The predicted octanol–water partition coefficient (Wildman–Crippen LogP) is 3.80. The zero-order chi connectivity index (χ0) is 28.5. The van der Waals surface area contributed by atoms with Gasteiger partial charge in [0.15, 0.2) is 11.5 Å². The molecule has 41 heavy (non-hydrogen) atoms. The van der Waals surface area contributed by atoms with E-state index in [1.54, 1.807) is 23.0 Å². The number of rotatable bonds is 4. The monoisotopic (exact) mass is 545 g/mol. The number of nitrogen functional groups attached to an aromatic ring is 1. The van der Waals surface area contributed by atoms with Crippen LogP contribution in [0.2, 0.25) is 0 Å². The Bertz CT molecular complexity index is 1870. The van der Waals surface area contributed by atoms with E-state index in [2.05, 4.69) is 39.2 Å². The van der Waals surface area contributed by atoms with Gasteiger partial charge in [0.05, 0.1) is 11.4 Å². The lowest BCUT2D eigenvalue weighted by atomic mass is 9.96. The number of nitrogens with one attached hydrogen (secondary N) is 1. The van der Waals surface area contributed by atoms with Gasteiger partial charge in [0.2, 0.25) is 0 Å². The second-order valence-electron chi connectivity index (χ2n) is 10.5. The minimum absolute atomic E-state index is 0.0835. The molecule has 0 bridgehead atoms. The van der Waals surface area contributed by atoms with Crippen LogP contribution < -0.4 is 16.6 Å². The Balaban J connectivity index is 1.43. The Morgan fingerprint density at radius 3 is 2.66 bits per heavy atom. The average molecular weight is 546 g/mol. The number of nitrogens with two attached hydrogens (primary N) is 1. The highest BCUT2D eigenvalue weighted by Crippen LogP contribution is 2.25. The number of fused-ring (bicyclic) bond motifs is 2. The number of hydrogen-bond acceptors (Lipinski definition) is 6. The molecule has 3 aromatic heterocycles. The number of benzene rings is 2. The van der Waals surface area contributed by atoms with E-state index >= 15 is 0 Å². The molecule has 0 radical (unpaired) electrons. The summed E-state index contributed by atoms with van der Waals surface area (Å²) in [6.07, 6.45) is 5.32. The molecule has 1 aliphatic rings. The van der Waals surface area contributed by atoms with E-state index in [1.165, 1.54) is 4.52 Å². The number of piperidine rings is 1. The molecule has 1 atom stereocenters. The SMILES string of the molecule is C[C@@H](NC(=O)c1c(N)nn2cccnc12)c1cc2cccc(C#CC3CCN(C)CC3)c2c(=O)n1-c1ccccc1. The fourth-order valence-corrected chi connectivity index (χ4v) is 5.45. The van der Waals surface area contributed by atoms with Crippen molar-refractivity contribution >= 4 is 28.1 Å². The summed E-state index contributed by atoms with van der Waals surface area (Å²) in [4.78, 5) is 34.3. The normalized spacial score (nSPS) is 15.0. The van der Waals surface area contributed by atoms with Gasteiger partial charge in [0.25, 0.3) is 11.5 Å². The lowest BCUT2D eigenvalue weighted by Gasteiger charge is -2.25. The number of pyridine rings is 1. The molecule has 6 rings (SSSR count). The number of nitrogens with zero attached hydrogens (tertiary/aromatic N) is 5. The van der Waals surface area contributed by atoms with Crippen LogP contribution in [0.25, 0.3) is 22.1 Å². The van der Waals surface area contributed by atoms with E-state index < -0.39 is 11.9 Å². The van der Waals surface area contributed by atoms with Crippen molar-refractivity contribution in [2.24, 2.45) is 5.92 Å². The second-order valence-corrected chi connectivity index (χ2v) is 10.5. The van der Waals surface area contributed by atoms with Gasteiger partial charge in [-0.05, 0) is 75.6 Å². The maximum absolute atomic E-state index is 14.2. The highest BCUT2D eigenvalue weighted by atomic mass is 16.2. The van der Waals surface area contributed by atoms with Crippen LogP contribution in [0.5, 0.6) is 0 Å². The predicted molar refractivity (Wildman–Crippen MR) is 160 cm³/mol. The van der Waals surface area contributed by atoms with E-state index in [9.17, 15) is 9.59 Å². The van der Waals surface area contributed by atoms with Crippen LogP contribution >= 0.6 is 0 Å². The third-order valence-corrected chi connectivity index (χ3v) is 7.66. The van der Waals surface area contributed by atoms with Gasteiger partial charge in [-0.1, -0.05) is 42.2 Å². The van der Waals surface area contributed by atoms with Crippen molar-refractivity contribution in [1.82, 2.24) is 29.4 Å². The summed E-state index contributed by atoms with van der Waals surface area (Å²) in [5.74, 6) is 6.74. The van der Waals surface area contributed by atoms with Crippen LogP contribution in [-0.4, -0.2) is 50.1 Å². The number of anilines is 1. The summed E-state index contributed by atoms with van der Waals surface area (Å²) in [5.41, 5.74) is 8.50. The third-order valence-electron chi connectivity index (χ3n) is 7.66. The largest absolute Gasteiger partial charge is 0.381 e. The number of hydrogen-bond donors (Lipinski definition) is 2. The maximum atomic E-state index is 14.2. The Morgan fingerprint density at radius 1 is 1.10 bits per heavy atom. The molecule has 9 nitrogen and oxygen atoms in total. The Morgan fingerprint density at radius 2 is 1.88 bits per heavy atom. The smallest absolute Gasteiger partial charge is 0.264 e. The topological polar surface area (TPSA) is 111 Å². The van der Waals surface area contributed by atoms with Crippen LogP contribution in [0.4, 0.5) is 5.82 Å². The van der Waals surface area contributed by atoms with E-state index in [0.717, 1.165) is 31.3 Å². The molecule has 0 unspecified atom stereocenters. The molecule has 0 aliphatic carbocycles. The molecule has 1 fully saturated rings. The number of para-hydroxylation sites is 1. The molecule has 1 saturated heterocycles. The zero-order valence-electron chi connectivity index (χ0n) is 23.0. The van der Waals surface area contributed by atoms with Gasteiger partial charge in [0, 0.05) is 35.3 Å². The van der Waals surface area contributed by atoms with E-state index in [-0.39, 0.29) is 16.9 Å². The molecular formula is C32H31N7O2. The van der Waals surface area contributed by atoms with Crippen molar-refractivity contribution in [3.05, 3.63) is 100 Å². The van der Waals surface area contributed by atoms with E-state index in [0.29, 0.717) is 33.9 Å². The van der Waals surface area contributed by atoms with Gasteiger partial charge in [-0.3, -0.25) is 14.2 Å². The average Bonchev–Trinajstić information content (AvgIpc) is 3.32. The van der Waals surface area contributed by atoms with E-state index in [4.69, 9.17) is 5.73 Å². The third kappa shape index (κ3) is 5.06. The van der Waals surface area contributed by atoms with Gasteiger partial charge < -0.3 is 16.0 Å². The van der Waals surface area contributed by atoms with Crippen LogP contribution in [-0.2, 0) is 0 Å². The summed E-state index contributed by atoms with van der Waals surface area (Å²) >= 11 is 0. The van der Waals surface area contributed by atoms with Gasteiger partial charge in [0.1, 0.15) is 5.56 Å². The summed E-state index contributed by atoms with van der Waals surface area (Å²) in [7, 11) is 2.13. The number of likely N-dealkylation sites (tertiary alicyclic amines) is 1. The first-order chi connectivity index (χ1) is 19.9. The lowest BCUT2D eigenvalue weighted by molar-refractivity contribution is 0.0941.